The number of esters is 1. The summed E-state index contributed by atoms with van der Waals surface area (Å²) in [7, 11) is 1.56. The molecule has 0 bridgehead atoms. The van der Waals surface area contributed by atoms with E-state index in [4.69, 9.17) is 18.9 Å². The number of fused-ring (bicyclic) bond motifs is 1. The molecule has 3 aromatic carbocycles. The average molecular weight is 599 g/mol. The van der Waals surface area contributed by atoms with Gasteiger partial charge in [-0.1, -0.05) is 65.9 Å². The molecule has 0 amide bonds. The van der Waals surface area contributed by atoms with E-state index < -0.39 is 12.0 Å². The topological polar surface area (TPSA) is 88.4 Å². The molecular weight excluding hydrogens is 564 g/mol. The maximum Gasteiger partial charge on any atom is 0.338 e. The van der Waals surface area contributed by atoms with Gasteiger partial charge in [0.2, 0.25) is 0 Å². The van der Waals surface area contributed by atoms with E-state index >= 15 is 0 Å². The summed E-state index contributed by atoms with van der Waals surface area (Å²) < 4.78 is 25.1. The molecule has 8 nitrogen and oxygen atoms in total. The summed E-state index contributed by atoms with van der Waals surface area (Å²) in [6.45, 7) is 7.96. The Kier molecular flexibility index (Phi) is 9.11. The van der Waals surface area contributed by atoms with Crippen molar-refractivity contribution in [1.82, 2.24) is 4.57 Å². The second kappa shape index (κ2) is 13.1. The van der Waals surface area contributed by atoms with Crippen molar-refractivity contribution in [1.29, 1.82) is 0 Å². The average Bonchev–Trinajstić information content (AvgIpc) is 3.30. The highest BCUT2D eigenvalue weighted by Gasteiger charge is 2.34. The highest BCUT2D eigenvalue weighted by molar-refractivity contribution is 7.07. The number of methoxy groups -OCH3 is 1. The van der Waals surface area contributed by atoms with E-state index in [2.05, 4.69) is 4.99 Å². The highest BCUT2D eigenvalue weighted by Crippen LogP contribution is 2.36. The first-order valence-corrected chi connectivity index (χ1v) is 14.9. The summed E-state index contributed by atoms with van der Waals surface area (Å²) in [4.78, 5) is 32.5. The van der Waals surface area contributed by atoms with Crippen LogP contribution in [0.15, 0.2) is 93.9 Å². The van der Waals surface area contributed by atoms with Crippen molar-refractivity contribution in [2.24, 2.45) is 4.99 Å². The van der Waals surface area contributed by atoms with Crippen molar-refractivity contribution in [2.75, 3.05) is 13.7 Å². The minimum absolute atomic E-state index is 0.0609. The smallest absolute Gasteiger partial charge is 0.338 e. The Morgan fingerprint density at radius 2 is 1.77 bits per heavy atom. The zero-order valence-electron chi connectivity index (χ0n) is 24.8. The van der Waals surface area contributed by atoms with Gasteiger partial charge in [0.05, 0.1) is 41.7 Å². The van der Waals surface area contributed by atoms with Crippen LogP contribution in [0.5, 0.6) is 17.2 Å². The van der Waals surface area contributed by atoms with Crippen molar-refractivity contribution in [2.45, 2.75) is 46.4 Å². The van der Waals surface area contributed by atoms with Crippen LogP contribution < -0.4 is 29.1 Å². The molecule has 1 aliphatic rings. The van der Waals surface area contributed by atoms with E-state index in [-0.39, 0.29) is 18.3 Å². The molecule has 0 saturated carbocycles. The van der Waals surface area contributed by atoms with Gasteiger partial charge in [-0.25, -0.2) is 9.79 Å². The van der Waals surface area contributed by atoms with E-state index in [1.165, 1.54) is 11.3 Å². The molecular formula is C34H34N2O6S. The summed E-state index contributed by atoms with van der Waals surface area (Å²) in [6, 6.07) is 22.1. The molecule has 0 aliphatic carbocycles. The van der Waals surface area contributed by atoms with Crippen LogP contribution in [0.3, 0.4) is 0 Å². The predicted octanol–water partition coefficient (Wildman–Crippen LogP) is 5.17. The van der Waals surface area contributed by atoms with Crippen LogP contribution in [0.2, 0.25) is 0 Å². The molecule has 0 unspecified atom stereocenters. The number of carbonyl (C=O) groups excluding carboxylic acids is 1. The largest absolute Gasteiger partial charge is 0.493 e. The summed E-state index contributed by atoms with van der Waals surface area (Å²) >= 11 is 1.26. The third-order valence-corrected chi connectivity index (χ3v) is 7.81. The Hall–Kier alpha value is -4.63. The van der Waals surface area contributed by atoms with Crippen molar-refractivity contribution in [3.05, 3.63) is 120 Å². The van der Waals surface area contributed by atoms with E-state index in [1.54, 1.807) is 37.7 Å². The first-order chi connectivity index (χ1) is 20.8. The van der Waals surface area contributed by atoms with E-state index in [9.17, 15) is 9.59 Å². The fourth-order valence-corrected chi connectivity index (χ4v) is 5.96. The molecule has 0 fully saturated rings. The maximum absolute atomic E-state index is 14.1. The van der Waals surface area contributed by atoms with Crippen molar-refractivity contribution >= 4 is 23.4 Å². The third-order valence-electron chi connectivity index (χ3n) is 6.83. The molecule has 0 radical (unpaired) electrons. The monoisotopic (exact) mass is 598 g/mol. The Balaban J connectivity index is 1.62. The molecule has 2 heterocycles. The zero-order chi connectivity index (χ0) is 30.5. The highest BCUT2D eigenvalue weighted by atomic mass is 32.1. The number of thiazole rings is 1. The molecule has 0 saturated heterocycles. The van der Waals surface area contributed by atoms with E-state index in [0.29, 0.717) is 50.0 Å². The van der Waals surface area contributed by atoms with Crippen LogP contribution >= 0.6 is 11.3 Å². The minimum atomic E-state index is -0.774. The van der Waals surface area contributed by atoms with Gasteiger partial charge in [-0.3, -0.25) is 9.36 Å². The van der Waals surface area contributed by atoms with Gasteiger partial charge >= 0.3 is 5.97 Å². The standard InChI is InChI=1S/C34H34N2O6S/c1-6-40-33(38)30-22(4)35-34-36(31(30)25-16-17-27(42-21(2)3)28(18-25)39-5)32(37)29(43-34)19-24-14-10-11-15-26(24)41-20-23-12-8-7-9-13-23/h7-19,21,31H,6,20H2,1-5H3/b29-19+/t31-/m1/s1. The molecule has 1 aromatic heterocycles. The maximum atomic E-state index is 14.1. The van der Waals surface area contributed by atoms with Gasteiger partial charge in [0.25, 0.3) is 5.56 Å². The van der Waals surface area contributed by atoms with Crippen LogP contribution in [0.25, 0.3) is 6.08 Å². The SMILES string of the molecule is CCOC(=O)C1=C(C)N=c2s/c(=C/c3ccccc3OCc3ccccc3)c(=O)n2[C@@H]1c1ccc(OC(C)C)c(OC)c1. The number of ether oxygens (including phenoxy) is 4. The van der Waals surface area contributed by atoms with Crippen LogP contribution in [0.4, 0.5) is 0 Å². The Labute approximate surface area is 254 Å². The van der Waals surface area contributed by atoms with Crippen LogP contribution in [-0.4, -0.2) is 30.4 Å². The van der Waals surface area contributed by atoms with Gasteiger partial charge in [0.15, 0.2) is 16.3 Å². The zero-order valence-corrected chi connectivity index (χ0v) is 25.6. The predicted molar refractivity (Wildman–Crippen MR) is 166 cm³/mol. The number of hydrogen-bond donors (Lipinski definition) is 0. The van der Waals surface area contributed by atoms with E-state index in [0.717, 1.165) is 11.1 Å². The molecule has 0 N–H and O–H groups in total. The lowest BCUT2D eigenvalue weighted by molar-refractivity contribution is -0.139. The molecule has 1 atom stereocenters. The second-order valence-corrected chi connectivity index (χ2v) is 11.2. The molecule has 9 heteroatoms. The Morgan fingerprint density at radius 1 is 1.02 bits per heavy atom. The summed E-state index contributed by atoms with van der Waals surface area (Å²) in [5.41, 5.74) is 2.99. The molecule has 43 heavy (non-hydrogen) atoms. The van der Waals surface area contributed by atoms with Gasteiger partial charge in [0.1, 0.15) is 12.4 Å². The first kappa shape index (κ1) is 29.8. The summed E-state index contributed by atoms with van der Waals surface area (Å²) in [6.07, 6.45) is 1.75. The van der Waals surface area contributed by atoms with Gasteiger partial charge in [0, 0.05) is 5.56 Å². The molecule has 222 valence electrons. The number of carbonyl (C=O) groups is 1. The number of rotatable bonds is 10. The number of benzene rings is 3. The van der Waals surface area contributed by atoms with Crippen LogP contribution in [0, 0.1) is 0 Å². The van der Waals surface area contributed by atoms with Crippen molar-refractivity contribution < 1.29 is 23.7 Å². The van der Waals surface area contributed by atoms with Crippen molar-refractivity contribution in [3.8, 4) is 17.2 Å². The fraction of sp³-hybridized carbons (Fsp3) is 0.265. The van der Waals surface area contributed by atoms with Gasteiger partial charge in [-0.2, -0.15) is 0 Å². The molecule has 1 aliphatic heterocycles. The molecule has 5 rings (SSSR count). The lowest BCUT2D eigenvalue weighted by atomic mass is 9.95. The molecule has 0 spiro atoms. The second-order valence-electron chi connectivity index (χ2n) is 10.2. The van der Waals surface area contributed by atoms with Gasteiger partial charge in [-0.15, -0.1) is 0 Å². The fourth-order valence-electron chi connectivity index (χ4n) is 4.92. The van der Waals surface area contributed by atoms with Crippen LogP contribution in [-0.2, 0) is 16.1 Å². The lowest BCUT2D eigenvalue weighted by Crippen LogP contribution is -2.40. The number of para-hydroxylation sites is 1. The van der Waals surface area contributed by atoms with Gasteiger partial charge in [-0.05, 0) is 63.1 Å². The van der Waals surface area contributed by atoms with E-state index in [1.807, 2.05) is 80.6 Å². The number of hydrogen-bond acceptors (Lipinski definition) is 8. The number of allylic oxidation sites excluding steroid dienone is 1. The number of aromatic nitrogens is 1. The first-order valence-electron chi connectivity index (χ1n) is 14.1. The lowest BCUT2D eigenvalue weighted by Gasteiger charge is -2.25. The molecule has 4 aromatic rings. The van der Waals surface area contributed by atoms with Gasteiger partial charge < -0.3 is 18.9 Å². The Bertz CT molecular complexity index is 1840. The van der Waals surface area contributed by atoms with Crippen LogP contribution in [0.1, 0.15) is 50.4 Å². The summed E-state index contributed by atoms with van der Waals surface area (Å²) in [5, 5.41) is 0. The number of nitrogens with zero attached hydrogens (tertiary/aromatic N) is 2. The normalized spacial score (nSPS) is 14.7. The Morgan fingerprint density at radius 3 is 2.49 bits per heavy atom. The quantitative estimate of drug-likeness (QED) is 0.234. The van der Waals surface area contributed by atoms with Crippen molar-refractivity contribution in [3.63, 3.8) is 0 Å². The third kappa shape index (κ3) is 6.41. The minimum Gasteiger partial charge on any atom is -0.493 e. The summed E-state index contributed by atoms with van der Waals surface area (Å²) in [5.74, 6) is 1.20.